The van der Waals surface area contributed by atoms with Gasteiger partial charge in [0, 0.05) is 29.0 Å². The molecule has 0 aliphatic rings. The minimum absolute atomic E-state index is 0.149. The van der Waals surface area contributed by atoms with Gasteiger partial charge in [0.2, 0.25) is 0 Å². The lowest BCUT2D eigenvalue weighted by molar-refractivity contribution is 0.102. The molecule has 2 aromatic carbocycles. The quantitative estimate of drug-likeness (QED) is 0.580. The summed E-state index contributed by atoms with van der Waals surface area (Å²) in [6.45, 7) is 2.00. The standard InChI is InChI=1S/C22H17N3O/c1-15-5-4-6-17(13-15)24-22(26)19-14-21(16-9-11-23-12-10-16)25-20-8-3-2-7-18(19)20/h2-14H,1H3,(H,24,26). The fourth-order valence-electron chi connectivity index (χ4n) is 2.96. The highest BCUT2D eigenvalue weighted by Gasteiger charge is 2.14. The smallest absolute Gasteiger partial charge is 0.256 e. The maximum absolute atomic E-state index is 13.0. The molecule has 0 saturated carbocycles. The Bertz CT molecular complexity index is 1090. The van der Waals surface area contributed by atoms with Gasteiger partial charge in [0.15, 0.2) is 0 Å². The van der Waals surface area contributed by atoms with Gasteiger partial charge in [-0.3, -0.25) is 9.78 Å². The van der Waals surface area contributed by atoms with E-state index in [1.807, 2.05) is 73.7 Å². The van der Waals surface area contributed by atoms with Crippen molar-refractivity contribution in [3.63, 3.8) is 0 Å². The lowest BCUT2D eigenvalue weighted by Gasteiger charge is -2.11. The van der Waals surface area contributed by atoms with Crippen LogP contribution in [0.4, 0.5) is 5.69 Å². The zero-order chi connectivity index (χ0) is 17.9. The van der Waals surface area contributed by atoms with Crippen LogP contribution in [-0.2, 0) is 0 Å². The van der Waals surface area contributed by atoms with Gasteiger partial charge in [-0.1, -0.05) is 30.3 Å². The van der Waals surface area contributed by atoms with Crippen LogP contribution in [0.5, 0.6) is 0 Å². The van der Waals surface area contributed by atoms with Crippen LogP contribution in [0.1, 0.15) is 15.9 Å². The number of anilines is 1. The molecule has 4 heteroatoms. The number of nitrogens with zero attached hydrogens (tertiary/aromatic N) is 2. The Morgan fingerprint density at radius 2 is 1.73 bits per heavy atom. The maximum Gasteiger partial charge on any atom is 0.256 e. The summed E-state index contributed by atoms with van der Waals surface area (Å²) in [5, 5.41) is 3.82. The minimum atomic E-state index is -0.149. The van der Waals surface area contributed by atoms with Crippen molar-refractivity contribution >= 4 is 22.5 Å². The number of aromatic nitrogens is 2. The van der Waals surface area contributed by atoms with Gasteiger partial charge in [-0.05, 0) is 48.9 Å². The first-order valence-electron chi connectivity index (χ1n) is 8.39. The summed E-state index contributed by atoms with van der Waals surface area (Å²) >= 11 is 0. The molecule has 4 aromatic rings. The number of hydrogen-bond donors (Lipinski definition) is 1. The average molecular weight is 339 g/mol. The van der Waals surface area contributed by atoms with E-state index in [2.05, 4.69) is 10.3 Å². The fourth-order valence-corrected chi connectivity index (χ4v) is 2.96. The maximum atomic E-state index is 13.0. The van der Waals surface area contributed by atoms with Crippen molar-refractivity contribution in [1.82, 2.24) is 9.97 Å². The number of para-hydroxylation sites is 1. The van der Waals surface area contributed by atoms with Crippen molar-refractivity contribution < 1.29 is 4.79 Å². The van der Waals surface area contributed by atoms with Crippen LogP contribution in [-0.4, -0.2) is 15.9 Å². The molecular weight excluding hydrogens is 322 g/mol. The summed E-state index contributed by atoms with van der Waals surface area (Å²) < 4.78 is 0. The van der Waals surface area contributed by atoms with Gasteiger partial charge in [0.25, 0.3) is 5.91 Å². The Morgan fingerprint density at radius 1 is 0.923 bits per heavy atom. The zero-order valence-electron chi connectivity index (χ0n) is 14.3. The normalized spacial score (nSPS) is 10.7. The molecule has 0 radical (unpaired) electrons. The number of carbonyl (C=O) groups is 1. The first-order chi connectivity index (χ1) is 12.7. The molecule has 2 aromatic heterocycles. The molecule has 0 bridgehead atoms. The lowest BCUT2D eigenvalue weighted by Crippen LogP contribution is -2.13. The summed E-state index contributed by atoms with van der Waals surface area (Å²) in [5.41, 5.74) is 4.94. The van der Waals surface area contributed by atoms with Gasteiger partial charge in [-0.15, -0.1) is 0 Å². The van der Waals surface area contributed by atoms with Gasteiger partial charge in [0.05, 0.1) is 16.8 Å². The number of nitrogens with one attached hydrogen (secondary N) is 1. The molecule has 4 nitrogen and oxygen atoms in total. The van der Waals surface area contributed by atoms with E-state index < -0.39 is 0 Å². The monoisotopic (exact) mass is 339 g/mol. The second kappa shape index (κ2) is 6.76. The predicted molar refractivity (Wildman–Crippen MR) is 104 cm³/mol. The molecule has 0 atom stereocenters. The fraction of sp³-hybridized carbons (Fsp3) is 0.0455. The van der Waals surface area contributed by atoms with E-state index in [0.717, 1.165) is 33.4 Å². The van der Waals surface area contributed by atoms with Crippen LogP contribution < -0.4 is 5.32 Å². The summed E-state index contributed by atoms with van der Waals surface area (Å²) in [6, 6.07) is 21.1. The van der Waals surface area contributed by atoms with Gasteiger partial charge in [-0.2, -0.15) is 0 Å². The first kappa shape index (κ1) is 16.0. The van der Waals surface area contributed by atoms with E-state index in [0.29, 0.717) is 5.56 Å². The van der Waals surface area contributed by atoms with Crippen LogP contribution in [0.2, 0.25) is 0 Å². The van der Waals surface area contributed by atoms with Crippen molar-refractivity contribution in [3.05, 3.63) is 90.3 Å². The molecule has 0 aliphatic carbocycles. The Labute approximate surface area is 151 Å². The van der Waals surface area contributed by atoms with Gasteiger partial charge in [0.1, 0.15) is 0 Å². The van der Waals surface area contributed by atoms with Crippen LogP contribution in [0.15, 0.2) is 79.1 Å². The third-order valence-corrected chi connectivity index (χ3v) is 4.21. The van der Waals surface area contributed by atoms with Gasteiger partial charge >= 0.3 is 0 Å². The Balaban J connectivity index is 1.81. The minimum Gasteiger partial charge on any atom is -0.322 e. The second-order valence-electron chi connectivity index (χ2n) is 6.13. The zero-order valence-corrected chi connectivity index (χ0v) is 14.3. The van der Waals surface area contributed by atoms with Crippen molar-refractivity contribution in [2.45, 2.75) is 6.92 Å². The van der Waals surface area contributed by atoms with Gasteiger partial charge in [-0.25, -0.2) is 4.98 Å². The third kappa shape index (κ3) is 3.17. The lowest BCUT2D eigenvalue weighted by atomic mass is 10.0. The molecule has 2 heterocycles. The molecule has 0 unspecified atom stereocenters. The van der Waals surface area contributed by atoms with E-state index in [1.165, 1.54) is 0 Å². The second-order valence-corrected chi connectivity index (χ2v) is 6.13. The Kier molecular flexibility index (Phi) is 4.15. The van der Waals surface area contributed by atoms with Crippen LogP contribution in [0, 0.1) is 6.92 Å². The number of benzene rings is 2. The molecular formula is C22H17N3O. The average Bonchev–Trinajstić information content (AvgIpc) is 2.68. The van der Waals surface area contributed by atoms with Crippen molar-refractivity contribution in [2.75, 3.05) is 5.32 Å². The highest BCUT2D eigenvalue weighted by molar-refractivity contribution is 6.13. The summed E-state index contributed by atoms with van der Waals surface area (Å²) in [6.07, 6.45) is 3.44. The number of amides is 1. The van der Waals surface area contributed by atoms with E-state index in [9.17, 15) is 4.79 Å². The van der Waals surface area contributed by atoms with Crippen molar-refractivity contribution in [2.24, 2.45) is 0 Å². The molecule has 1 N–H and O–H groups in total. The number of carbonyl (C=O) groups excluding carboxylic acids is 1. The summed E-state index contributed by atoms with van der Waals surface area (Å²) in [4.78, 5) is 21.7. The Hall–Kier alpha value is -3.53. The van der Waals surface area contributed by atoms with Crippen LogP contribution >= 0.6 is 0 Å². The van der Waals surface area contributed by atoms with Crippen LogP contribution in [0.3, 0.4) is 0 Å². The topological polar surface area (TPSA) is 54.9 Å². The van der Waals surface area contributed by atoms with E-state index in [4.69, 9.17) is 4.98 Å². The molecule has 0 spiro atoms. The largest absolute Gasteiger partial charge is 0.322 e. The molecule has 126 valence electrons. The number of rotatable bonds is 3. The molecule has 0 saturated heterocycles. The van der Waals surface area contributed by atoms with Crippen LogP contribution in [0.25, 0.3) is 22.2 Å². The highest BCUT2D eigenvalue weighted by Crippen LogP contribution is 2.25. The van der Waals surface area contributed by atoms with E-state index in [1.54, 1.807) is 12.4 Å². The van der Waals surface area contributed by atoms with Crippen molar-refractivity contribution in [1.29, 1.82) is 0 Å². The van der Waals surface area contributed by atoms with E-state index in [-0.39, 0.29) is 5.91 Å². The number of pyridine rings is 2. The number of aryl methyl sites for hydroxylation is 1. The highest BCUT2D eigenvalue weighted by atomic mass is 16.1. The third-order valence-electron chi connectivity index (χ3n) is 4.21. The number of hydrogen-bond acceptors (Lipinski definition) is 3. The molecule has 4 rings (SSSR count). The SMILES string of the molecule is Cc1cccc(NC(=O)c2cc(-c3ccncc3)nc3ccccc23)c1. The Morgan fingerprint density at radius 3 is 2.54 bits per heavy atom. The molecule has 26 heavy (non-hydrogen) atoms. The number of fused-ring (bicyclic) bond motifs is 1. The molecule has 0 fully saturated rings. The van der Waals surface area contributed by atoms with Gasteiger partial charge < -0.3 is 5.32 Å². The summed E-state index contributed by atoms with van der Waals surface area (Å²) in [7, 11) is 0. The first-order valence-corrected chi connectivity index (χ1v) is 8.39. The predicted octanol–water partition coefficient (Wildman–Crippen LogP) is 4.86. The summed E-state index contributed by atoms with van der Waals surface area (Å²) in [5.74, 6) is -0.149. The van der Waals surface area contributed by atoms with E-state index >= 15 is 0 Å². The van der Waals surface area contributed by atoms with Crippen molar-refractivity contribution in [3.8, 4) is 11.3 Å². The molecule has 1 amide bonds. The molecule has 0 aliphatic heterocycles.